The van der Waals surface area contributed by atoms with E-state index < -0.39 is 11.8 Å². The summed E-state index contributed by atoms with van der Waals surface area (Å²) in [6.45, 7) is 0.684. The van der Waals surface area contributed by atoms with Crippen LogP contribution in [0.2, 0.25) is 0 Å². The first-order chi connectivity index (χ1) is 16.5. The maximum atomic E-state index is 13.4. The van der Waals surface area contributed by atoms with Crippen molar-refractivity contribution in [3.63, 3.8) is 0 Å². The number of imidazole rings is 1. The minimum Gasteiger partial charge on any atom is -0.497 e. The van der Waals surface area contributed by atoms with Crippen LogP contribution in [0.15, 0.2) is 61.2 Å². The lowest BCUT2D eigenvalue weighted by Crippen LogP contribution is -2.43. The van der Waals surface area contributed by atoms with E-state index in [0.29, 0.717) is 41.5 Å². The summed E-state index contributed by atoms with van der Waals surface area (Å²) < 4.78 is 8.10. The maximum absolute atomic E-state index is 13.4. The lowest BCUT2D eigenvalue weighted by atomic mass is 10.1. The first-order valence-electron chi connectivity index (χ1n) is 10.7. The number of hydrogen-bond donors (Lipinski definition) is 0. The van der Waals surface area contributed by atoms with Gasteiger partial charge in [0.2, 0.25) is 5.91 Å². The van der Waals surface area contributed by atoms with Crippen molar-refractivity contribution < 1.29 is 19.1 Å². The molecule has 0 unspecified atom stereocenters. The number of fused-ring (bicyclic) bond motifs is 2. The molecule has 0 bridgehead atoms. The molecule has 3 heterocycles. The number of halogens is 1. The lowest BCUT2D eigenvalue weighted by Gasteiger charge is -2.22. The number of rotatable bonds is 8. The van der Waals surface area contributed by atoms with Gasteiger partial charge < -0.3 is 9.30 Å². The van der Waals surface area contributed by atoms with Gasteiger partial charge >= 0.3 is 0 Å². The molecule has 9 nitrogen and oxygen atoms in total. The average Bonchev–Trinajstić information content (AvgIpc) is 3.57. The molecule has 2 aromatic heterocycles. The number of carbonyl (C=O) groups excluding carboxylic acids is 3. The molecule has 0 atom stereocenters. The molecule has 180 valence electrons. The Bertz CT molecular complexity index is 1350. The number of nitrogens with zero attached hydrogens (tertiary/aromatic N) is 5. The van der Waals surface area contributed by atoms with E-state index >= 15 is 0 Å². The van der Waals surface area contributed by atoms with Crippen molar-refractivity contribution in [2.24, 2.45) is 0 Å². The minimum absolute atomic E-state index is 0. The number of carbonyl (C=O) groups is 3. The van der Waals surface area contributed by atoms with Gasteiger partial charge in [0.15, 0.2) is 5.13 Å². The molecule has 2 aromatic carbocycles. The third kappa shape index (κ3) is 4.75. The number of anilines is 1. The predicted octanol–water partition coefficient (Wildman–Crippen LogP) is 3.64. The van der Waals surface area contributed by atoms with Crippen LogP contribution >= 0.6 is 23.7 Å². The first kappa shape index (κ1) is 24.4. The second-order valence-corrected chi connectivity index (χ2v) is 8.78. The van der Waals surface area contributed by atoms with Crippen molar-refractivity contribution >= 4 is 56.8 Å². The largest absolute Gasteiger partial charge is 0.497 e. The van der Waals surface area contributed by atoms with Crippen molar-refractivity contribution in [2.45, 2.75) is 13.0 Å². The zero-order valence-electron chi connectivity index (χ0n) is 18.8. The molecule has 35 heavy (non-hydrogen) atoms. The molecular formula is C24H22ClN5O4S. The van der Waals surface area contributed by atoms with Crippen molar-refractivity contribution in [1.82, 2.24) is 19.4 Å². The second kappa shape index (κ2) is 10.2. The molecule has 0 N–H and O–H groups in total. The SMILES string of the molecule is COc1ccc2nc(N(CCCn3ccnc3)C(=O)CN3C(=O)c4ccccc4C3=O)sc2c1.Cl. The van der Waals surface area contributed by atoms with Crippen LogP contribution in [-0.2, 0) is 11.3 Å². The molecule has 5 rings (SSSR count). The van der Waals surface area contributed by atoms with Gasteiger partial charge in [-0.2, -0.15) is 0 Å². The van der Waals surface area contributed by atoms with Crippen LogP contribution in [0.4, 0.5) is 5.13 Å². The Labute approximate surface area is 211 Å². The fourth-order valence-corrected chi connectivity index (χ4v) is 4.93. The normalized spacial score (nSPS) is 12.5. The van der Waals surface area contributed by atoms with Crippen LogP contribution in [0.1, 0.15) is 27.1 Å². The summed E-state index contributed by atoms with van der Waals surface area (Å²) in [7, 11) is 1.59. The van der Waals surface area contributed by atoms with Gasteiger partial charge in [0, 0.05) is 25.5 Å². The highest BCUT2D eigenvalue weighted by Crippen LogP contribution is 2.32. The zero-order chi connectivity index (χ0) is 23.7. The van der Waals surface area contributed by atoms with Crippen molar-refractivity contribution in [1.29, 1.82) is 0 Å². The summed E-state index contributed by atoms with van der Waals surface area (Å²) in [4.78, 5) is 50.2. The molecule has 0 aliphatic carbocycles. The fraction of sp³-hybridized carbons (Fsp3) is 0.208. The third-order valence-corrected chi connectivity index (χ3v) is 6.69. The first-order valence-corrected chi connectivity index (χ1v) is 11.5. The van der Waals surface area contributed by atoms with Gasteiger partial charge in [-0.3, -0.25) is 24.2 Å². The molecule has 3 amide bonds. The second-order valence-electron chi connectivity index (χ2n) is 7.77. The summed E-state index contributed by atoms with van der Waals surface area (Å²) in [6, 6.07) is 12.1. The number of methoxy groups -OCH3 is 1. The topological polar surface area (TPSA) is 97.6 Å². The summed E-state index contributed by atoms with van der Waals surface area (Å²) >= 11 is 1.36. The highest BCUT2D eigenvalue weighted by Gasteiger charge is 2.37. The van der Waals surface area contributed by atoms with Gasteiger partial charge in [0.25, 0.3) is 11.8 Å². The molecular weight excluding hydrogens is 490 g/mol. The van der Waals surface area contributed by atoms with Gasteiger partial charge in [-0.15, -0.1) is 12.4 Å². The summed E-state index contributed by atoms with van der Waals surface area (Å²) in [5, 5.41) is 0.510. The Balaban J connectivity index is 0.00000289. The van der Waals surface area contributed by atoms with E-state index in [1.807, 2.05) is 29.0 Å². The maximum Gasteiger partial charge on any atom is 0.262 e. The smallest absolute Gasteiger partial charge is 0.262 e. The van der Waals surface area contributed by atoms with Crippen LogP contribution in [0.25, 0.3) is 10.2 Å². The quantitative estimate of drug-likeness (QED) is 0.335. The predicted molar refractivity (Wildman–Crippen MR) is 134 cm³/mol. The van der Waals surface area contributed by atoms with Gasteiger partial charge in [-0.05, 0) is 36.8 Å². The molecule has 0 fully saturated rings. The third-order valence-electron chi connectivity index (χ3n) is 5.65. The van der Waals surface area contributed by atoms with E-state index in [1.54, 1.807) is 48.8 Å². The number of ether oxygens (including phenoxy) is 1. The molecule has 11 heteroatoms. The fourth-order valence-electron chi connectivity index (χ4n) is 3.90. The van der Waals surface area contributed by atoms with Gasteiger partial charge in [-0.25, -0.2) is 9.97 Å². The number of benzene rings is 2. The Kier molecular flexibility index (Phi) is 7.13. The zero-order valence-corrected chi connectivity index (χ0v) is 20.4. The number of hydrogen-bond acceptors (Lipinski definition) is 7. The van der Waals surface area contributed by atoms with E-state index in [-0.39, 0.29) is 24.9 Å². The van der Waals surface area contributed by atoms with Gasteiger partial charge in [-0.1, -0.05) is 23.5 Å². The molecule has 1 aliphatic rings. The van der Waals surface area contributed by atoms with E-state index in [0.717, 1.165) is 15.1 Å². The number of aryl methyl sites for hydroxylation is 1. The summed E-state index contributed by atoms with van der Waals surface area (Å²) in [5.41, 5.74) is 1.38. The van der Waals surface area contributed by atoms with Crippen LogP contribution in [-0.4, -0.2) is 57.4 Å². The number of aromatic nitrogens is 3. The molecule has 4 aromatic rings. The Morgan fingerprint density at radius 1 is 1.11 bits per heavy atom. The Hall–Kier alpha value is -3.76. The minimum atomic E-state index is -0.457. The average molecular weight is 512 g/mol. The lowest BCUT2D eigenvalue weighted by molar-refractivity contribution is -0.119. The standard InChI is InChI=1S/C24H21N5O4S.ClH/c1-33-16-7-8-19-20(13-16)34-24(26-19)28(11-4-10-27-12-9-25-15-27)21(30)14-29-22(31)17-5-2-3-6-18(17)23(29)32;/h2-3,5-9,12-13,15H,4,10-11,14H2,1H3;1H. The summed E-state index contributed by atoms with van der Waals surface area (Å²) in [5.74, 6) is -0.583. The van der Waals surface area contributed by atoms with E-state index in [2.05, 4.69) is 9.97 Å². The molecule has 0 saturated carbocycles. The highest BCUT2D eigenvalue weighted by molar-refractivity contribution is 7.22. The molecule has 0 radical (unpaired) electrons. The molecule has 0 saturated heterocycles. The molecule has 0 spiro atoms. The van der Waals surface area contributed by atoms with Crippen LogP contribution in [0.5, 0.6) is 5.75 Å². The van der Waals surface area contributed by atoms with Crippen LogP contribution < -0.4 is 9.64 Å². The summed E-state index contributed by atoms with van der Waals surface area (Å²) in [6.07, 6.45) is 5.92. The molecule has 1 aliphatic heterocycles. The Morgan fingerprint density at radius 2 is 1.86 bits per heavy atom. The van der Waals surface area contributed by atoms with Crippen LogP contribution in [0, 0.1) is 0 Å². The Morgan fingerprint density at radius 3 is 2.51 bits per heavy atom. The van der Waals surface area contributed by atoms with Crippen LogP contribution in [0.3, 0.4) is 0 Å². The van der Waals surface area contributed by atoms with E-state index in [9.17, 15) is 14.4 Å². The van der Waals surface area contributed by atoms with Gasteiger partial charge in [0.1, 0.15) is 12.3 Å². The number of thiazole rings is 1. The van der Waals surface area contributed by atoms with Crippen molar-refractivity contribution in [2.75, 3.05) is 25.1 Å². The number of imide groups is 1. The van der Waals surface area contributed by atoms with E-state index in [1.165, 1.54) is 11.3 Å². The number of amides is 3. The van der Waals surface area contributed by atoms with Crippen molar-refractivity contribution in [3.8, 4) is 5.75 Å². The monoisotopic (exact) mass is 511 g/mol. The van der Waals surface area contributed by atoms with E-state index in [4.69, 9.17) is 4.74 Å². The highest BCUT2D eigenvalue weighted by atomic mass is 35.5. The van der Waals surface area contributed by atoms with Gasteiger partial charge in [0.05, 0.1) is 34.8 Å². The van der Waals surface area contributed by atoms with Crippen molar-refractivity contribution in [3.05, 3.63) is 72.3 Å².